The van der Waals surface area contributed by atoms with Crippen molar-refractivity contribution in [2.75, 3.05) is 32.7 Å². The topological polar surface area (TPSA) is 158 Å². The number of nitrogens with zero attached hydrogens (tertiary/aromatic N) is 3. The number of hydrogen-bond acceptors (Lipinski definition) is 9. The maximum atomic E-state index is 11.9. The van der Waals surface area contributed by atoms with Gasteiger partial charge >= 0.3 is 0 Å². The van der Waals surface area contributed by atoms with Gasteiger partial charge in [0, 0.05) is 7.11 Å². The van der Waals surface area contributed by atoms with Crippen LogP contribution in [0.5, 0.6) is 0 Å². The van der Waals surface area contributed by atoms with Crippen LogP contribution in [0.4, 0.5) is 5.95 Å². The Kier molecular flexibility index (Phi) is 4.78. The molecule has 1 aliphatic heterocycles. The number of methoxy groups -OCH3 is 1. The van der Waals surface area contributed by atoms with E-state index in [0.29, 0.717) is 6.61 Å². The Morgan fingerprint density at radius 1 is 1.50 bits per heavy atom. The summed E-state index contributed by atoms with van der Waals surface area (Å²) in [5.74, 6) is -0.0663. The molecule has 24 heavy (non-hydrogen) atoms. The molecule has 0 radical (unpaired) electrons. The van der Waals surface area contributed by atoms with Crippen LogP contribution < -0.4 is 11.3 Å². The summed E-state index contributed by atoms with van der Waals surface area (Å²) in [5.41, 5.74) is 5.39. The number of hydrogen-bond donors (Lipinski definition) is 4. The van der Waals surface area contributed by atoms with Gasteiger partial charge in [0.15, 0.2) is 17.4 Å². The number of aromatic amines is 1. The summed E-state index contributed by atoms with van der Waals surface area (Å²) in [6.07, 6.45) is -2.16. The van der Waals surface area contributed by atoms with E-state index in [1.165, 1.54) is 18.0 Å². The van der Waals surface area contributed by atoms with Crippen molar-refractivity contribution in [1.29, 1.82) is 0 Å². The lowest BCUT2D eigenvalue weighted by Crippen LogP contribution is -2.36. The molecule has 3 rings (SSSR count). The largest absolute Gasteiger partial charge is 0.394 e. The molecule has 132 valence electrons. The molecule has 1 saturated heterocycles. The van der Waals surface area contributed by atoms with Gasteiger partial charge in [0.2, 0.25) is 5.95 Å². The average Bonchev–Trinajstić information content (AvgIpc) is 3.09. The first-order valence-corrected chi connectivity index (χ1v) is 7.34. The van der Waals surface area contributed by atoms with E-state index in [2.05, 4.69) is 15.0 Å². The average molecular weight is 341 g/mol. The van der Waals surface area contributed by atoms with E-state index in [9.17, 15) is 15.0 Å². The molecule has 2 aromatic heterocycles. The highest BCUT2D eigenvalue weighted by atomic mass is 16.6. The van der Waals surface area contributed by atoms with E-state index in [-0.39, 0.29) is 30.3 Å². The Balaban J connectivity index is 1.97. The number of aliphatic hydroxyl groups excluding tert-OH is 2. The van der Waals surface area contributed by atoms with Crippen LogP contribution in [-0.4, -0.2) is 75.0 Å². The lowest BCUT2D eigenvalue weighted by Gasteiger charge is -2.21. The highest BCUT2D eigenvalue weighted by Gasteiger charge is 2.45. The minimum Gasteiger partial charge on any atom is -0.394 e. The number of aliphatic hydroxyl groups is 2. The molecule has 11 heteroatoms. The normalized spacial score (nSPS) is 27.1. The van der Waals surface area contributed by atoms with Crippen molar-refractivity contribution in [2.24, 2.45) is 0 Å². The molecule has 3 heterocycles. The monoisotopic (exact) mass is 341 g/mol. The molecule has 4 atom stereocenters. The number of fused-ring (bicyclic) bond motifs is 1. The fourth-order valence-electron chi connectivity index (χ4n) is 2.67. The fourth-order valence-corrected chi connectivity index (χ4v) is 2.67. The SMILES string of the molecule is COCCO[C@H]1C(O)C(CO)OC1n1cnc2c(=O)[nH]c(N)nc21. The number of aromatic nitrogens is 4. The zero-order chi connectivity index (χ0) is 17.3. The third-order valence-corrected chi connectivity index (χ3v) is 3.82. The van der Waals surface area contributed by atoms with Crippen LogP contribution in [0, 0.1) is 0 Å². The Morgan fingerprint density at radius 2 is 2.29 bits per heavy atom. The second-order valence-electron chi connectivity index (χ2n) is 5.34. The molecule has 0 saturated carbocycles. The van der Waals surface area contributed by atoms with Gasteiger partial charge in [0.1, 0.15) is 18.3 Å². The zero-order valence-corrected chi connectivity index (χ0v) is 13.0. The van der Waals surface area contributed by atoms with Crippen LogP contribution >= 0.6 is 0 Å². The number of nitrogens with two attached hydrogens (primary N) is 1. The predicted molar refractivity (Wildman–Crippen MR) is 81.2 cm³/mol. The van der Waals surface area contributed by atoms with Gasteiger partial charge in [-0.05, 0) is 0 Å². The zero-order valence-electron chi connectivity index (χ0n) is 13.0. The molecule has 0 aromatic carbocycles. The quantitative estimate of drug-likeness (QED) is 0.435. The summed E-state index contributed by atoms with van der Waals surface area (Å²) in [6.45, 7) is 0.166. The summed E-state index contributed by atoms with van der Waals surface area (Å²) in [4.78, 5) is 22.3. The van der Waals surface area contributed by atoms with E-state index in [4.69, 9.17) is 19.9 Å². The minimum absolute atomic E-state index is 0.0663. The number of H-pyrrole nitrogens is 1. The first-order valence-electron chi connectivity index (χ1n) is 7.34. The van der Waals surface area contributed by atoms with Gasteiger partial charge in [-0.1, -0.05) is 0 Å². The number of ether oxygens (including phenoxy) is 3. The van der Waals surface area contributed by atoms with Gasteiger partial charge < -0.3 is 30.2 Å². The maximum Gasteiger partial charge on any atom is 0.280 e. The lowest BCUT2D eigenvalue weighted by atomic mass is 10.1. The van der Waals surface area contributed by atoms with Crippen molar-refractivity contribution in [1.82, 2.24) is 19.5 Å². The van der Waals surface area contributed by atoms with Crippen molar-refractivity contribution in [3.8, 4) is 0 Å². The molecule has 5 N–H and O–H groups in total. The van der Waals surface area contributed by atoms with Gasteiger partial charge in [0.05, 0.1) is 26.1 Å². The fraction of sp³-hybridized carbons (Fsp3) is 0.615. The van der Waals surface area contributed by atoms with Crippen molar-refractivity contribution in [3.63, 3.8) is 0 Å². The summed E-state index contributed by atoms with van der Waals surface area (Å²) in [5, 5.41) is 19.7. The van der Waals surface area contributed by atoms with Crippen molar-refractivity contribution in [3.05, 3.63) is 16.7 Å². The second kappa shape index (κ2) is 6.83. The first kappa shape index (κ1) is 16.8. The molecule has 1 aliphatic rings. The number of rotatable bonds is 6. The van der Waals surface area contributed by atoms with Gasteiger partial charge in [0.25, 0.3) is 5.56 Å². The molecule has 2 aromatic rings. The van der Waals surface area contributed by atoms with E-state index >= 15 is 0 Å². The first-order chi connectivity index (χ1) is 11.6. The molecule has 11 nitrogen and oxygen atoms in total. The predicted octanol–water partition coefficient (Wildman–Crippen LogP) is -2.02. The molecule has 0 amide bonds. The van der Waals surface area contributed by atoms with Gasteiger partial charge in [-0.2, -0.15) is 4.98 Å². The van der Waals surface area contributed by atoms with Crippen molar-refractivity contribution in [2.45, 2.75) is 24.5 Å². The molecule has 1 fully saturated rings. The summed E-state index contributed by atoms with van der Waals surface area (Å²) >= 11 is 0. The van der Waals surface area contributed by atoms with E-state index in [1.54, 1.807) is 0 Å². The highest BCUT2D eigenvalue weighted by molar-refractivity contribution is 5.70. The third-order valence-electron chi connectivity index (χ3n) is 3.82. The van der Waals surface area contributed by atoms with Crippen LogP contribution in [0.15, 0.2) is 11.1 Å². The summed E-state index contributed by atoms with van der Waals surface area (Å²) in [6, 6.07) is 0. The number of imidazole rings is 1. The van der Waals surface area contributed by atoms with Crippen LogP contribution in [-0.2, 0) is 14.2 Å². The minimum atomic E-state index is -1.06. The van der Waals surface area contributed by atoms with Gasteiger partial charge in [-0.15, -0.1) is 0 Å². The Labute approximate surface area is 136 Å². The summed E-state index contributed by atoms with van der Waals surface area (Å²) < 4.78 is 17.7. The van der Waals surface area contributed by atoms with Gasteiger partial charge in [-0.3, -0.25) is 14.3 Å². The van der Waals surface area contributed by atoms with Crippen LogP contribution in [0.2, 0.25) is 0 Å². The van der Waals surface area contributed by atoms with E-state index < -0.39 is 30.1 Å². The number of nitrogens with one attached hydrogen (secondary N) is 1. The standard InChI is InChI=1S/C13H19N5O6/c1-22-2-3-23-9-8(20)6(4-19)24-12(9)18-5-15-7-10(18)16-13(14)17-11(7)21/h5-6,8-9,12,19-20H,2-4H2,1H3,(H3,14,16,17,21)/t6?,8?,9-,12?/m0/s1. The highest BCUT2D eigenvalue weighted by Crippen LogP contribution is 2.33. The second-order valence-corrected chi connectivity index (χ2v) is 5.34. The molecule has 0 aliphatic carbocycles. The molecule has 0 bridgehead atoms. The lowest BCUT2D eigenvalue weighted by molar-refractivity contribution is -0.0785. The maximum absolute atomic E-state index is 11.9. The van der Waals surface area contributed by atoms with Crippen molar-refractivity contribution < 1.29 is 24.4 Å². The molecular formula is C13H19N5O6. The third kappa shape index (κ3) is 2.87. The Bertz CT molecular complexity index is 761. The summed E-state index contributed by atoms with van der Waals surface area (Å²) in [7, 11) is 1.53. The number of anilines is 1. The van der Waals surface area contributed by atoms with E-state index in [1.807, 2.05) is 0 Å². The van der Waals surface area contributed by atoms with Crippen LogP contribution in [0.25, 0.3) is 11.2 Å². The molecule has 0 spiro atoms. The van der Waals surface area contributed by atoms with Gasteiger partial charge in [-0.25, -0.2) is 4.98 Å². The number of nitrogen functional groups attached to an aromatic ring is 1. The van der Waals surface area contributed by atoms with Crippen molar-refractivity contribution >= 4 is 17.1 Å². The Hall–Kier alpha value is -2.05. The smallest absolute Gasteiger partial charge is 0.280 e. The van der Waals surface area contributed by atoms with Crippen LogP contribution in [0.1, 0.15) is 6.23 Å². The molecule has 3 unspecified atom stereocenters. The van der Waals surface area contributed by atoms with E-state index in [0.717, 1.165) is 0 Å². The van der Waals surface area contributed by atoms with Crippen LogP contribution in [0.3, 0.4) is 0 Å². The Morgan fingerprint density at radius 3 is 3.00 bits per heavy atom. The molecular weight excluding hydrogens is 322 g/mol.